The predicted molar refractivity (Wildman–Crippen MR) is 71.8 cm³/mol. The summed E-state index contributed by atoms with van der Waals surface area (Å²) < 4.78 is 46.1. The van der Waals surface area contributed by atoms with Gasteiger partial charge in [0, 0.05) is 0 Å². The molecule has 8 heteroatoms. The van der Waals surface area contributed by atoms with Crippen LogP contribution in [0.1, 0.15) is 31.4 Å². The van der Waals surface area contributed by atoms with Gasteiger partial charge in [-0.2, -0.15) is 13.2 Å². The minimum atomic E-state index is -4.63. The summed E-state index contributed by atoms with van der Waals surface area (Å²) in [6.07, 6.45) is -4.01. The first kappa shape index (κ1) is 15.0. The number of hydrogen-bond donors (Lipinski definition) is 2. The van der Waals surface area contributed by atoms with Crippen molar-refractivity contribution in [1.29, 1.82) is 0 Å². The monoisotopic (exact) mass is 316 g/mol. The van der Waals surface area contributed by atoms with Gasteiger partial charge in [0.15, 0.2) is 0 Å². The number of phenolic OH excluding ortho intramolecular Hbond substituents is 1. The fraction of sp³-hybridized carbons (Fsp3) is 0.500. The zero-order valence-electron chi connectivity index (χ0n) is 12.0. The van der Waals surface area contributed by atoms with Gasteiger partial charge in [-0.3, -0.25) is 4.68 Å². The van der Waals surface area contributed by atoms with Gasteiger partial charge in [0.1, 0.15) is 5.75 Å². The van der Waals surface area contributed by atoms with E-state index in [-0.39, 0.29) is 22.8 Å². The standard InChI is InChI=1S/C14H15F3N2O3/c1-13(21)5-7(6-13)19-11-9(12(18-19)22-2)3-8(20)4-10(11)14(15,16)17/h3-4,7,20-21H,5-6H2,1-2H3. The number of phenols is 1. The quantitative estimate of drug-likeness (QED) is 0.894. The molecule has 5 nitrogen and oxygen atoms in total. The lowest BCUT2D eigenvalue weighted by molar-refractivity contribution is -0.136. The number of benzene rings is 1. The van der Waals surface area contributed by atoms with Crippen molar-refractivity contribution in [1.82, 2.24) is 9.78 Å². The zero-order chi connectivity index (χ0) is 16.3. The Morgan fingerprint density at radius 3 is 2.50 bits per heavy atom. The molecule has 120 valence electrons. The molecule has 0 atom stereocenters. The van der Waals surface area contributed by atoms with Gasteiger partial charge in [-0.05, 0) is 31.9 Å². The largest absolute Gasteiger partial charge is 0.508 e. The van der Waals surface area contributed by atoms with Crippen molar-refractivity contribution >= 4 is 10.9 Å². The molecule has 1 aromatic heterocycles. The highest BCUT2D eigenvalue weighted by atomic mass is 19.4. The first-order chi connectivity index (χ1) is 10.1. The average Bonchev–Trinajstić information content (AvgIpc) is 2.71. The van der Waals surface area contributed by atoms with Crippen LogP contribution in [0.25, 0.3) is 10.9 Å². The van der Waals surface area contributed by atoms with Crippen molar-refractivity contribution in [2.45, 2.75) is 37.6 Å². The Labute approximate surface area is 123 Å². The maximum absolute atomic E-state index is 13.3. The third-order valence-corrected chi connectivity index (χ3v) is 3.95. The van der Waals surface area contributed by atoms with Crippen LogP contribution in [0.5, 0.6) is 11.6 Å². The van der Waals surface area contributed by atoms with Crippen LogP contribution >= 0.6 is 0 Å². The molecule has 1 aliphatic rings. The highest BCUT2D eigenvalue weighted by Crippen LogP contribution is 2.46. The van der Waals surface area contributed by atoms with E-state index in [0.29, 0.717) is 18.9 Å². The van der Waals surface area contributed by atoms with Gasteiger partial charge in [0.2, 0.25) is 5.88 Å². The second-order valence-corrected chi connectivity index (χ2v) is 5.90. The normalized spacial score (nSPS) is 25.3. The smallest absolute Gasteiger partial charge is 0.418 e. The Hall–Kier alpha value is -1.96. The van der Waals surface area contributed by atoms with Crippen molar-refractivity contribution < 1.29 is 28.1 Å². The fourth-order valence-corrected chi connectivity index (χ4v) is 2.99. The van der Waals surface area contributed by atoms with Crippen LogP contribution in [0.2, 0.25) is 0 Å². The number of aromatic nitrogens is 2. The molecule has 22 heavy (non-hydrogen) atoms. The molecule has 1 heterocycles. The minimum Gasteiger partial charge on any atom is -0.508 e. The third-order valence-electron chi connectivity index (χ3n) is 3.95. The lowest BCUT2D eigenvalue weighted by Crippen LogP contribution is -2.42. The summed E-state index contributed by atoms with van der Waals surface area (Å²) in [7, 11) is 1.31. The number of alkyl halides is 3. The Balaban J connectivity index is 2.25. The number of halogens is 3. The summed E-state index contributed by atoms with van der Waals surface area (Å²) >= 11 is 0. The highest BCUT2D eigenvalue weighted by Gasteiger charge is 2.43. The molecule has 1 aliphatic carbocycles. The molecule has 3 rings (SSSR count). The van der Waals surface area contributed by atoms with E-state index in [1.165, 1.54) is 17.9 Å². The molecular weight excluding hydrogens is 301 g/mol. The second kappa shape index (κ2) is 4.52. The molecule has 0 radical (unpaired) electrons. The van der Waals surface area contributed by atoms with E-state index in [1.807, 2.05) is 0 Å². The van der Waals surface area contributed by atoms with E-state index >= 15 is 0 Å². The molecule has 0 bridgehead atoms. The second-order valence-electron chi connectivity index (χ2n) is 5.90. The van der Waals surface area contributed by atoms with Crippen LogP contribution in [0.15, 0.2) is 12.1 Å². The van der Waals surface area contributed by atoms with Gasteiger partial charge in [0.25, 0.3) is 0 Å². The highest BCUT2D eigenvalue weighted by molar-refractivity contribution is 5.89. The average molecular weight is 316 g/mol. The Morgan fingerprint density at radius 2 is 2.00 bits per heavy atom. The summed E-state index contributed by atoms with van der Waals surface area (Å²) in [4.78, 5) is 0. The number of hydrogen-bond acceptors (Lipinski definition) is 4. The number of aliphatic hydroxyl groups is 1. The van der Waals surface area contributed by atoms with E-state index in [2.05, 4.69) is 5.10 Å². The third kappa shape index (κ3) is 2.27. The molecular formula is C14H15F3N2O3. The van der Waals surface area contributed by atoms with E-state index in [4.69, 9.17) is 4.74 Å². The molecule has 0 unspecified atom stereocenters. The molecule has 1 saturated carbocycles. The molecule has 0 saturated heterocycles. The number of aromatic hydroxyl groups is 1. The van der Waals surface area contributed by atoms with Gasteiger partial charge in [-0.25, -0.2) is 0 Å². The lowest BCUT2D eigenvalue weighted by atomic mass is 9.77. The summed E-state index contributed by atoms with van der Waals surface area (Å²) in [5, 5.41) is 23.6. The van der Waals surface area contributed by atoms with Crippen LogP contribution < -0.4 is 4.74 Å². The molecule has 0 spiro atoms. The van der Waals surface area contributed by atoms with Crippen LogP contribution in [0, 0.1) is 0 Å². The van der Waals surface area contributed by atoms with Gasteiger partial charge in [0.05, 0.1) is 35.2 Å². The van der Waals surface area contributed by atoms with Gasteiger partial charge in [-0.1, -0.05) is 0 Å². The van der Waals surface area contributed by atoms with Crippen LogP contribution in [-0.4, -0.2) is 32.7 Å². The van der Waals surface area contributed by atoms with E-state index < -0.39 is 23.1 Å². The van der Waals surface area contributed by atoms with E-state index in [9.17, 15) is 23.4 Å². The van der Waals surface area contributed by atoms with Crippen molar-refractivity contribution in [3.63, 3.8) is 0 Å². The minimum absolute atomic E-state index is 0.0166. The molecule has 1 fully saturated rings. The van der Waals surface area contributed by atoms with Crippen LogP contribution in [-0.2, 0) is 6.18 Å². The van der Waals surface area contributed by atoms with Gasteiger partial charge < -0.3 is 14.9 Å². The molecule has 0 amide bonds. The molecule has 0 aliphatic heterocycles. The fourth-order valence-electron chi connectivity index (χ4n) is 2.99. The van der Waals surface area contributed by atoms with Gasteiger partial charge in [-0.15, -0.1) is 5.10 Å². The first-order valence-electron chi connectivity index (χ1n) is 6.71. The first-order valence-corrected chi connectivity index (χ1v) is 6.71. The number of methoxy groups -OCH3 is 1. The van der Waals surface area contributed by atoms with E-state index in [0.717, 1.165) is 0 Å². The molecule has 2 N–H and O–H groups in total. The SMILES string of the molecule is COc1nn(C2CC(C)(O)C2)c2c(C(F)(F)F)cc(O)cc12. The van der Waals surface area contributed by atoms with Crippen LogP contribution in [0.4, 0.5) is 13.2 Å². The summed E-state index contributed by atoms with van der Waals surface area (Å²) in [5.41, 5.74) is -2.00. The maximum atomic E-state index is 13.3. The number of rotatable bonds is 2. The summed E-state index contributed by atoms with van der Waals surface area (Å²) in [6.45, 7) is 1.63. The molecule has 2 aromatic rings. The topological polar surface area (TPSA) is 67.5 Å². The van der Waals surface area contributed by atoms with E-state index in [1.54, 1.807) is 6.92 Å². The Morgan fingerprint density at radius 1 is 1.36 bits per heavy atom. The number of nitrogens with zero attached hydrogens (tertiary/aromatic N) is 2. The number of fused-ring (bicyclic) bond motifs is 1. The predicted octanol–water partition coefficient (Wildman–Crippen LogP) is 2.86. The Bertz CT molecular complexity index is 729. The van der Waals surface area contributed by atoms with Crippen molar-refractivity contribution in [2.75, 3.05) is 7.11 Å². The maximum Gasteiger partial charge on any atom is 0.418 e. The zero-order valence-corrected chi connectivity index (χ0v) is 12.0. The number of ether oxygens (including phenoxy) is 1. The lowest BCUT2D eigenvalue weighted by Gasteiger charge is -2.41. The van der Waals surface area contributed by atoms with Crippen molar-refractivity contribution in [3.8, 4) is 11.6 Å². The van der Waals surface area contributed by atoms with Crippen molar-refractivity contribution in [2.24, 2.45) is 0 Å². The van der Waals surface area contributed by atoms with Crippen LogP contribution in [0.3, 0.4) is 0 Å². The Kier molecular flexibility index (Phi) is 3.07. The van der Waals surface area contributed by atoms with Crippen molar-refractivity contribution in [3.05, 3.63) is 17.7 Å². The molecule has 1 aromatic carbocycles. The summed E-state index contributed by atoms with van der Waals surface area (Å²) in [6, 6.07) is 1.53. The van der Waals surface area contributed by atoms with Gasteiger partial charge >= 0.3 is 6.18 Å². The summed E-state index contributed by atoms with van der Waals surface area (Å²) in [5.74, 6) is -0.485.